The first kappa shape index (κ1) is 13.3. The average Bonchev–Trinajstić information content (AvgIpc) is 2.15. The molecule has 0 aliphatic carbocycles. The fourth-order valence-electron chi connectivity index (χ4n) is 0.673. The highest BCUT2D eigenvalue weighted by Gasteiger charge is 2.28. The van der Waals surface area contributed by atoms with Crippen LogP contribution >= 0.6 is 7.82 Å². The van der Waals surface area contributed by atoms with Crippen molar-refractivity contribution in [2.24, 2.45) is 0 Å². The summed E-state index contributed by atoms with van der Waals surface area (Å²) in [5.74, 6) is 0. The molecule has 0 aromatic carbocycles. The van der Waals surface area contributed by atoms with Gasteiger partial charge in [-0.05, 0) is 19.9 Å². The number of phosphoric acid groups is 1. The van der Waals surface area contributed by atoms with E-state index in [9.17, 15) is 4.57 Å². The number of phosphoric ester groups is 1. The van der Waals surface area contributed by atoms with E-state index in [2.05, 4.69) is 6.58 Å². The summed E-state index contributed by atoms with van der Waals surface area (Å²) < 4.78 is 26.2. The molecule has 0 heterocycles. The first-order valence-corrected chi connectivity index (χ1v) is 5.67. The third-order valence-corrected chi connectivity index (χ3v) is 2.79. The van der Waals surface area contributed by atoms with Crippen LogP contribution in [0.3, 0.4) is 0 Å². The van der Waals surface area contributed by atoms with Crippen molar-refractivity contribution in [3.8, 4) is 6.07 Å². The lowest BCUT2D eigenvalue weighted by atomic mass is 10.4. The lowest BCUT2D eigenvalue weighted by molar-refractivity contribution is 0.116. The number of hydrogen-bond acceptors (Lipinski definition) is 5. The van der Waals surface area contributed by atoms with Crippen LogP contribution in [-0.2, 0) is 18.1 Å². The van der Waals surface area contributed by atoms with E-state index in [0.717, 1.165) is 0 Å². The first-order valence-electron chi connectivity index (χ1n) is 4.21. The summed E-state index contributed by atoms with van der Waals surface area (Å²) in [5, 5.41) is 8.55. The predicted octanol–water partition coefficient (Wildman–Crippen LogP) is 2.26. The van der Waals surface area contributed by atoms with Gasteiger partial charge < -0.3 is 0 Å². The van der Waals surface area contributed by atoms with Crippen LogP contribution in [0.25, 0.3) is 0 Å². The van der Waals surface area contributed by atoms with Gasteiger partial charge in [0.1, 0.15) is 0 Å². The Bertz CT molecular complexity index is 251. The molecule has 0 amide bonds. The van der Waals surface area contributed by atoms with Gasteiger partial charge in [-0.1, -0.05) is 6.58 Å². The molecule has 0 saturated carbocycles. The molecule has 0 aliphatic heterocycles. The van der Waals surface area contributed by atoms with Crippen molar-refractivity contribution in [1.82, 2.24) is 0 Å². The van der Waals surface area contributed by atoms with Crippen molar-refractivity contribution in [1.29, 1.82) is 5.26 Å². The van der Waals surface area contributed by atoms with Crippen molar-refractivity contribution in [2.75, 3.05) is 13.2 Å². The summed E-state index contributed by atoms with van der Waals surface area (Å²) >= 11 is 0. The van der Waals surface area contributed by atoms with Crippen molar-refractivity contribution in [3.05, 3.63) is 12.7 Å². The number of hydrogen-bond donors (Lipinski definition) is 0. The molecule has 80 valence electrons. The number of rotatable bonds is 7. The molecular weight excluding hydrogens is 205 g/mol. The second-order valence-corrected chi connectivity index (χ2v) is 3.80. The molecule has 0 rings (SSSR count). The third-order valence-electron chi connectivity index (χ3n) is 1.16. The molecule has 14 heavy (non-hydrogen) atoms. The second kappa shape index (κ2) is 6.74. The van der Waals surface area contributed by atoms with Crippen molar-refractivity contribution < 1.29 is 18.1 Å². The van der Waals surface area contributed by atoms with Crippen molar-refractivity contribution in [3.63, 3.8) is 0 Å². The SMILES string of the molecule is C=CC(C#N)OP(=O)(OCC)OCC. The molecule has 0 N–H and O–H groups in total. The minimum absolute atomic E-state index is 0.187. The van der Waals surface area contributed by atoms with Gasteiger partial charge in [0.25, 0.3) is 0 Å². The Labute approximate surface area is 83.9 Å². The standard InChI is InChI=1S/C8H14NO4P/c1-4-8(7-9)13-14(10,11-5-2)12-6-3/h4,8H,1,5-6H2,2-3H3. The van der Waals surface area contributed by atoms with Gasteiger partial charge >= 0.3 is 7.82 Å². The van der Waals surface area contributed by atoms with Gasteiger partial charge in [0, 0.05) is 0 Å². The highest BCUT2D eigenvalue weighted by atomic mass is 31.2. The monoisotopic (exact) mass is 219 g/mol. The average molecular weight is 219 g/mol. The maximum absolute atomic E-state index is 11.7. The lowest BCUT2D eigenvalue weighted by Crippen LogP contribution is -2.08. The molecule has 0 radical (unpaired) electrons. The van der Waals surface area contributed by atoms with Crippen molar-refractivity contribution >= 4 is 7.82 Å². The normalized spacial score (nSPS) is 13.2. The van der Waals surface area contributed by atoms with Gasteiger partial charge in [0.2, 0.25) is 0 Å². The molecule has 0 saturated heterocycles. The van der Waals surface area contributed by atoms with Gasteiger partial charge in [-0.15, -0.1) is 0 Å². The zero-order valence-corrected chi connectivity index (χ0v) is 9.20. The highest BCUT2D eigenvalue weighted by molar-refractivity contribution is 7.48. The van der Waals surface area contributed by atoms with Gasteiger partial charge in [-0.3, -0.25) is 13.6 Å². The first-order chi connectivity index (χ1) is 6.61. The maximum atomic E-state index is 11.7. The van der Waals surface area contributed by atoms with Gasteiger partial charge in [-0.2, -0.15) is 5.26 Å². The minimum atomic E-state index is -3.60. The van der Waals surface area contributed by atoms with Crippen LogP contribution in [0, 0.1) is 11.3 Å². The predicted molar refractivity (Wildman–Crippen MR) is 51.5 cm³/mol. The van der Waals surface area contributed by atoms with E-state index in [0.29, 0.717) is 0 Å². The Hall–Kier alpha value is -0.660. The van der Waals surface area contributed by atoms with Crippen molar-refractivity contribution in [2.45, 2.75) is 20.0 Å². The molecule has 5 nitrogen and oxygen atoms in total. The summed E-state index contributed by atoms with van der Waals surface area (Å²) in [6.45, 7) is 7.04. The zero-order chi connectivity index (χ0) is 11.0. The van der Waals surface area contributed by atoms with E-state index in [1.807, 2.05) is 0 Å². The number of nitriles is 1. The van der Waals surface area contributed by atoms with E-state index >= 15 is 0 Å². The maximum Gasteiger partial charge on any atom is 0.476 e. The van der Waals surface area contributed by atoms with Gasteiger partial charge in [-0.25, -0.2) is 4.57 Å². The van der Waals surface area contributed by atoms with Crippen LogP contribution in [0.2, 0.25) is 0 Å². The Morgan fingerprint density at radius 3 is 2.29 bits per heavy atom. The summed E-state index contributed by atoms with van der Waals surface area (Å²) in [6, 6.07) is 1.75. The number of nitrogens with zero attached hydrogens (tertiary/aromatic N) is 1. The van der Waals surface area contributed by atoms with Crippen LogP contribution in [0.4, 0.5) is 0 Å². The molecule has 0 aliphatic rings. The Morgan fingerprint density at radius 1 is 1.50 bits per heavy atom. The zero-order valence-electron chi connectivity index (χ0n) is 8.30. The fraction of sp³-hybridized carbons (Fsp3) is 0.625. The summed E-state index contributed by atoms with van der Waals surface area (Å²) in [5.41, 5.74) is 0. The summed E-state index contributed by atoms with van der Waals surface area (Å²) in [7, 11) is -3.60. The Balaban J connectivity index is 4.43. The van der Waals surface area contributed by atoms with Gasteiger partial charge in [0.15, 0.2) is 6.10 Å². The summed E-state index contributed by atoms with van der Waals surface area (Å²) in [6.07, 6.45) is 0.240. The van der Waals surface area contributed by atoms with Crippen LogP contribution in [0.1, 0.15) is 13.8 Å². The molecule has 0 aromatic heterocycles. The third kappa shape index (κ3) is 4.54. The fourth-order valence-corrected chi connectivity index (χ4v) is 1.91. The van der Waals surface area contributed by atoms with E-state index in [4.69, 9.17) is 18.8 Å². The molecule has 0 spiro atoms. The Morgan fingerprint density at radius 2 is 2.00 bits per heavy atom. The largest absolute Gasteiger partial charge is 0.476 e. The molecule has 0 fully saturated rings. The van der Waals surface area contributed by atoms with Crippen LogP contribution < -0.4 is 0 Å². The van der Waals surface area contributed by atoms with Crippen LogP contribution in [0.5, 0.6) is 0 Å². The second-order valence-electron chi connectivity index (χ2n) is 2.17. The molecule has 0 aromatic rings. The van der Waals surface area contributed by atoms with Crippen LogP contribution in [-0.4, -0.2) is 19.3 Å². The van der Waals surface area contributed by atoms with E-state index in [-0.39, 0.29) is 13.2 Å². The highest BCUT2D eigenvalue weighted by Crippen LogP contribution is 2.50. The molecule has 0 bridgehead atoms. The van der Waals surface area contributed by atoms with E-state index < -0.39 is 13.9 Å². The lowest BCUT2D eigenvalue weighted by Gasteiger charge is -2.17. The van der Waals surface area contributed by atoms with Crippen LogP contribution in [0.15, 0.2) is 12.7 Å². The van der Waals surface area contributed by atoms with E-state index in [1.165, 1.54) is 6.08 Å². The summed E-state index contributed by atoms with van der Waals surface area (Å²) in [4.78, 5) is 0. The van der Waals surface area contributed by atoms with Gasteiger partial charge in [0.05, 0.1) is 19.3 Å². The smallest absolute Gasteiger partial charge is 0.287 e. The molecule has 6 heteroatoms. The topological polar surface area (TPSA) is 68.5 Å². The molecular formula is C8H14NO4P. The van der Waals surface area contributed by atoms with E-state index in [1.54, 1.807) is 19.9 Å². The Kier molecular flexibility index (Phi) is 6.43. The minimum Gasteiger partial charge on any atom is -0.287 e. The quantitative estimate of drug-likeness (QED) is 0.485. The molecule has 1 unspecified atom stereocenters. The molecule has 1 atom stereocenters.